The molecule has 0 saturated heterocycles. The number of fused-ring (bicyclic) bond motifs is 10. The average molecular weight is 747 g/mol. The molecule has 12 rings (SSSR count). The summed E-state index contributed by atoms with van der Waals surface area (Å²) in [4.78, 5) is 10.9. The van der Waals surface area contributed by atoms with Crippen molar-refractivity contribution in [2.24, 2.45) is 0 Å². The van der Waals surface area contributed by atoms with E-state index in [1.54, 1.807) is 11.3 Å². The van der Waals surface area contributed by atoms with Gasteiger partial charge in [-0.1, -0.05) is 147 Å². The van der Waals surface area contributed by atoms with Crippen LogP contribution in [0, 0.1) is 0 Å². The molecule has 3 nitrogen and oxygen atoms in total. The number of rotatable bonds is 4. The van der Waals surface area contributed by atoms with Crippen molar-refractivity contribution in [1.29, 1.82) is 0 Å². The third-order valence-electron chi connectivity index (χ3n) is 12.1. The maximum atomic E-state index is 6.53. The van der Waals surface area contributed by atoms with Crippen molar-refractivity contribution in [3.05, 3.63) is 181 Å². The highest BCUT2D eigenvalue weighted by Crippen LogP contribution is 2.53. The fourth-order valence-electron chi connectivity index (χ4n) is 9.26. The maximum Gasteiger partial charge on any atom is 0.161 e. The number of hydrogen-bond donors (Lipinski definition) is 0. The second-order valence-corrected chi connectivity index (χ2v) is 16.8. The third-order valence-corrected chi connectivity index (χ3v) is 13.3. The first-order chi connectivity index (χ1) is 28.0. The second-order valence-electron chi connectivity index (χ2n) is 15.7. The lowest BCUT2D eigenvalue weighted by molar-refractivity contribution is 0.660. The Labute approximate surface area is 333 Å². The Bertz CT molecular complexity index is 3440. The highest BCUT2D eigenvalue weighted by atomic mass is 32.1. The lowest BCUT2D eigenvalue weighted by Crippen LogP contribution is -2.15. The Morgan fingerprint density at radius 3 is 2.16 bits per heavy atom. The van der Waals surface area contributed by atoms with Crippen molar-refractivity contribution >= 4 is 64.4 Å². The molecule has 0 unspecified atom stereocenters. The molecule has 0 radical (unpaired) electrons. The predicted octanol–water partition coefficient (Wildman–Crippen LogP) is 14.9. The molecule has 0 spiro atoms. The van der Waals surface area contributed by atoms with E-state index in [0.717, 1.165) is 59.9 Å². The SMILES string of the molecule is CC1(C)c2cc(-c3nc(-c4cccc5oc6ccc(-c7ccc8ccccc8c7)cc6c45)nc4c3sc3ccccc34)ccc2-c2c(-c3ccccc3)cccc21. The normalized spacial score (nSPS) is 13.2. The summed E-state index contributed by atoms with van der Waals surface area (Å²) in [6.07, 6.45) is 0. The molecule has 0 amide bonds. The maximum absolute atomic E-state index is 6.53. The van der Waals surface area contributed by atoms with Crippen LogP contribution < -0.4 is 0 Å². The van der Waals surface area contributed by atoms with Crippen LogP contribution >= 0.6 is 11.3 Å². The first-order valence-electron chi connectivity index (χ1n) is 19.5. The van der Waals surface area contributed by atoms with Gasteiger partial charge in [0.15, 0.2) is 5.82 Å². The fraction of sp³-hybridized carbons (Fsp3) is 0.0566. The first kappa shape index (κ1) is 32.4. The molecular weight excluding hydrogens is 713 g/mol. The summed E-state index contributed by atoms with van der Waals surface area (Å²) in [5.74, 6) is 0.694. The molecule has 3 aromatic heterocycles. The number of nitrogens with zero attached hydrogens (tertiary/aromatic N) is 2. The number of thiophene rings is 1. The van der Waals surface area contributed by atoms with Crippen LogP contribution in [0.3, 0.4) is 0 Å². The van der Waals surface area contributed by atoms with Crippen LogP contribution in [0.1, 0.15) is 25.0 Å². The minimum absolute atomic E-state index is 0.190. The summed E-state index contributed by atoms with van der Waals surface area (Å²) in [5, 5.41) is 5.68. The van der Waals surface area contributed by atoms with E-state index in [-0.39, 0.29) is 5.41 Å². The summed E-state index contributed by atoms with van der Waals surface area (Å²) in [6, 6.07) is 61.1. The molecule has 0 bridgehead atoms. The van der Waals surface area contributed by atoms with Crippen LogP contribution in [0.5, 0.6) is 0 Å². The molecule has 268 valence electrons. The van der Waals surface area contributed by atoms with E-state index in [0.29, 0.717) is 5.82 Å². The van der Waals surface area contributed by atoms with Gasteiger partial charge >= 0.3 is 0 Å². The van der Waals surface area contributed by atoms with Gasteiger partial charge in [0.2, 0.25) is 0 Å². The van der Waals surface area contributed by atoms with Crippen LogP contribution in [0.15, 0.2) is 174 Å². The van der Waals surface area contributed by atoms with Crippen molar-refractivity contribution in [3.63, 3.8) is 0 Å². The zero-order valence-corrected chi connectivity index (χ0v) is 32.2. The van der Waals surface area contributed by atoms with Crippen molar-refractivity contribution in [1.82, 2.24) is 9.97 Å². The molecule has 0 atom stereocenters. The molecule has 1 aliphatic rings. The van der Waals surface area contributed by atoms with Gasteiger partial charge in [0.1, 0.15) is 11.2 Å². The van der Waals surface area contributed by atoms with Gasteiger partial charge in [-0.05, 0) is 91.7 Å². The Morgan fingerprint density at radius 2 is 1.25 bits per heavy atom. The van der Waals surface area contributed by atoms with E-state index >= 15 is 0 Å². The second kappa shape index (κ2) is 12.1. The monoisotopic (exact) mass is 746 g/mol. The van der Waals surface area contributed by atoms with Gasteiger partial charge in [-0.25, -0.2) is 9.97 Å². The summed E-state index contributed by atoms with van der Waals surface area (Å²) in [5.41, 5.74) is 15.6. The number of hydrogen-bond acceptors (Lipinski definition) is 4. The highest BCUT2D eigenvalue weighted by molar-refractivity contribution is 7.26. The smallest absolute Gasteiger partial charge is 0.161 e. The van der Waals surface area contributed by atoms with Crippen molar-refractivity contribution in [3.8, 4) is 56.0 Å². The molecule has 8 aromatic carbocycles. The van der Waals surface area contributed by atoms with Crippen molar-refractivity contribution < 1.29 is 4.42 Å². The number of aromatic nitrogens is 2. The largest absolute Gasteiger partial charge is 0.456 e. The summed E-state index contributed by atoms with van der Waals surface area (Å²) in [7, 11) is 0. The molecular formula is C53H34N2OS. The fourth-order valence-corrected chi connectivity index (χ4v) is 10.4. The Kier molecular flexibility index (Phi) is 6.85. The Hall–Kier alpha value is -6.88. The van der Waals surface area contributed by atoms with Crippen LogP contribution in [0.2, 0.25) is 0 Å². The number of benzene rings is 8. The van der Waals surface area contributed by atoms with E-state index in [9.17, 15) is 0 Å². The zero-order valence-electron chi connectivity index (χ0n) is 31.4. The third kappa shape index (κ3) is 4.84. The van der Waals surface area contributed by atoms with E-state index in [1.807, 2.05) is 0 Å². The van der Waals surface area contributed by atoms with Crippen LogP contribution in [-0.4, -0.2) is 9.97 Å². The predicted molar refractivity (Wildman–Crippen MR) is 239 cm³/mol. The minimum Gasteiger partial charge on any atom is -0.456 e. The van der Waals surface area contributed by atoms with E-state index in [4.69, 9.17) is 14.4 Å². The Balaban J connectivity index is 1.07. The molecule has 57 heavy (non-hydrogen) atoms. The topological polar surface area (TPSA) is 38.9 Å². The average Bonchev–Trinajstić information content (AvgIpc) is 3.90. The van der Waals surface area contributed by atoms with Gasteiger partial charge in [0.05, 0.1) is 15.9 Å². The quantitative estimate of drug-likeness (QED) is 0.180. The molecule has 11 aromatic rings. The van der Waals surface area contributed by atoms with Gasteiger partial charge in [-0.3, -0.25) is 0 Å². The number of furan rings is 1. The minimum atomic E-state index is -0.190. The van der Waals surface area contributed by atoms with Gasteiger partial charge in [-0.15, -0.1) is 11.3 Å². The molecule has 4 heteroatoms. The van der Waals surface area contributed by atoms with Crippen LogP contribution in [0.4, 0.5) is 0 Å². The summed E-state index contributed by atoms with van der Waals surface area (Å²) in [6.45, 7) is 4.71. The van der Waals surface area contributed by atoms with E-state index < -0.39 is 0 Å². The molecule has 1 aliphatic carbocycles. The van der Waals surface area contributed by atoms with E-state index in [1.165, 1.54) is 54.4 Å². The summed E-state index contributed by atoms with van der Waals surface area (Å²) >= 11 is 1.77. The van der Waals surface area contributed by atoms with Gasteiger partial charge in [-0.2, -0.15) is 0 Å². The zero-order chi connectivity index (χ0) is 37.8. The molecule has 0 saturated carbocycles. The standard InChI is InChI=1S/C53H34N2OS/c1-53(2)42-19-10-17-37(32-13-4-3-5-14-32)47(42)38-26-24-36(30-43(38)53)49-51-50(39-16-8-9-21-46(39)57-51)55-52(54-49)40-18-11-20-45-48(40)41-29-35(25-27-44(41)56-45)34-23-22-31-12-6-7-15-33(31)28-34/h3-30H,1-2H3. The Morgan fingerprint density at radius 1 is 0.491 bits per heavy atom. The molecule has 0 aliphatic heterocycles. The van der Waals surface area contributed by atoms with E-state index in [2.05, 4.69) is 184 Å². The van der Waals surface area contributed by atoms with Crippen LogP contribution in [0.25, 0.3) is 109 Å². The lowest BCUT2D eigenvalue weighted by atomic mass is 9.81. The molecule has 0 fully saturated rings. The van der Waals surface area contributed by atoms with Crippen LogP contribution in [-0.2, 0) is 5.41 Å². The van der Waals surface area contributed by atoms with Gasteiger partial charge < -0.3 is 4.42 Å². The summed E-state index contributed by atoms with van der Waals surface area (Å²) < 4.78 is 8.83. The van der Waals surface area contributed by atoms with Crippen molar-refractivity contribution in [2.45, 2.75) is 19.3 Å². The van der Waals surface area contributed by atoms with Gasteiger partial charge in [0, 0.05) is 37.4 Å². The molecule has 0 N–H and O–H groups in total. The first-order valence-corrected chi connectivity index (χ1v) is 20.3. The lowest BCUT2D eigenvalue weighted by Gasteiger charge is -2.22. The van der Waals surface area contributed by atoms with Crippen molar-refractivity contribution in [2.75, 3.05) is 0 Å². The molecule has 3 heterocycles. The van der Waals surface area contributed by atoms with Gasteiger partial charge in [0.25, 0.3) is 0 Å². The highest BCUT2D eigenvalue weighted by Gasteiger charge is 2.37.